The molecule has 0 radical (unpaired) electrons. The topological polar surface area (TPSA) is 85.9 Å². The van der Waals surface area contributed by atoms with Crippen LogP contribution in [-0.2, 0) is 14.3 Å². The number of ether oxygens (including phenoxy) is 1. The number of hydrazine groups is 1. The molecule has 0 spiro atoms. The number of rotatable bonds is 6. The highest BCUT2D eigenvalue weighted by Crippen LogP contribution is 2.34. The van der Waals surface area contributed by atoms with E-state index in [4.69, 9.17) is 4.74 Å². The highest BCUT2D eigenvalue weighted by Gasteiger charge is 2.47. The number of fused-ring (bicyclic) bond motifs is 2. The van der Waals surface area contributed by atoms with E-state index in [1.807, 2.05) is 18.9 Å². The first kappa shape index (κ1) is 21.0. The maximum atomic E-state index is 13.2. The summed E-state index contributed by atoms with van der Waals surface area (Å²) in [5, 5.41) is 3.62. The molecule has 3 aliphatic heterocycles. The third-order valence-electron chi connectivity index (χ3n) is 7.40. The van der Waals surface area contributed by atoms with Crippen LogP contribution < -0.4 is 16.2 Å². The van der Waals surface area contributed by atoms with E-state index < -0.39 is 0 Å². The molecule has 3 heterocycles. The highest BCUT2D eigenvalue weighted by molar-refractivity contribution is 5.84. The minimum absolute atomic E-state index is 0.0370. The summed E-state index contributed by atoms with van der Waals surface area (Å²) in [6.45, 7) is 5.16. The first-order chi connectivity index (χ1) is 14.1. The van der Waals surface area contributed by atoms with Crippen molar-refractivity contribution in [3.05, 3.63) is 0 Å². The van der Waals surface area contributed by atoms with Crippen molar-refractivity contribution in [1.82, 2.24) is 26.0 Å². The second-order valence-corrected chi connectivity index (χ2v) is 9.17. The summed E-state index contributed by atoms with van der Waals surface area (Å²) in [6, 6.07) is 0.442. The number of piperidine rings is 1. The second-order valence-electron chi connectivity index (χ2n) is 9.17. The summed E-state index contributed by atoms with van der Waals surface area (Å²) < 4.78 is 5.38. The van der Waals surface area contributed by atoms with Crippen molar-refractivity contribution >= 4 is 11.8 Å². The van der Waals surface area contributed by atoms with Crippen molar-refractivity contribution in [2.45, 2.75) is 69.6 Å². The maximum Gasteiger partial charge on any atom is 0.241 e. The molecule has 4 aliphatic rings. The first-order valence-corrected chi connectivity index (χ1v) is 11.5. The van der Waals surface area contributed by atoms with E-state index in [-0.39, 0.29) is 35.9 Å². The van der Waals surface area contributed by atoms with Gasteiger partial charge in [0.2, 0.25) is 11.8 Å². The average Bonchev–Trinajstić information content (AvgIpc) is 3.36. The Labute approximate surface area is 174 Å². The van der Waals surface area contributed by atoms with Gasteiger partial charge in [-0.2, -0.15) is 0 Å². The summed E-state index contributed by atoms with van der Waals surface area (Å²) in [5.41, 5.74) is 6.50. The van der Waals surface area contributed by atoms with Crippen LogP contribution >= 0.6 is 0 Å². The van der Waals surface area contributed by atoms with Gasteiger partial charge in [-0.25, -0.2) is 5.43 Å². The largest absolute Gasteiger partial charge is 0.380 e. The molecule has 0 aromatic heterocycles. The standard InChI is InChI=1S/C21H37N5O3/c1-3-29-11-10-25(2)21(28)19-15-13-26(9-8-17(15)23-24-19)20(27)18-12-14-6-4-5-7-16(14)22-18/h14-19,22-24H,3-13H2,1-2H3. The molecule has 164 valence electrons. The van der Waals surface area contributed by atoms with Gasteiger partial charge in [0.15, 0.2) is 0 Å². The Morgan fingerprint density at radius 3 is 2.76 bits per heavy atom. The smallest absolute Gasteiger partial charge is 0.241 e. The van der Waals surface area contributed by atoms with Crippen molar-refractivity contribution in [1.29, 1.82) is 0 Å². The Morgan fingerprint density at radius 2 is 1.97 bits per heavy atom. The van der Waals surface area contributed by atoms with Crippen molar-refractivity contribution < 1.29 is 14.3 Å². The minimum Gasteiger partial charge on any atom is -0.380 e. The first-order valence-electron chi connectivity index (χ1n) is 11.5. The minimum atomic E-state index is -0.290. The van der Waals surface area contributed by atoms with Crippen LogP contribution in [0.3, 0.4) is 0 Å². The van der Waals surface area contributed by atoms with Gasteiger partial charge in [-0.3, -0.25) is 15.0 Å². The molecule has 0 aromatic carbocycles. The Hall–Kier alpha value is -1.22. The van der Waals surface area contributed by atoms with Crippen molar-refractivity contribution in [3.8, 4) is 0 Å². The van der Waals surface area contributed by atoms with Gasteiger partial charge in [0.05, 0.1) is 12.6 Å². The second kappa shape index (κ2) is 9.29. The molecule has 8 heteroatoms. The fraction of sp³-hybridized carbons (Fsp3) is 0.905. The van der Waals surface area contributed by atoms with Crippen LogP contribution in [0.25, 0.3) is 0 Å². The third kappa shape index (κ3) is 4.45. The quantitative estimate of drug-likeness (QED) is 0.542. The van der Waals surface area contributed by atoms with Crippen LogP contribution in [0.15, 0.2) is 0 Å². The van der Waals surface area contributed by atoms with E-state index in [1.165, 1.54) is 25.7 Å². The molecule has 4 fully saturated rings. The number of carbonyl (C=O) groups excluding carboxylic acids is 2. The van der Waals surface area contributed by atoms with Crippen LogP contribution in [-0.4, -0.2) is 85.7 Å². The lowest BCUT2D eigenvalue weighted by Gasteiger charge is -2.37. The van der Waals surface area contributed by atoms with E-state index >= 15 is 0 Å². The predicted octanol–water partition coefficient (Wildman–Crippen LogP) is 0.0955. The van der Waals surface area contributed by atoms with Crippen LogP contribution in [0.4, 0.5) is 0 Å². The summed E-state index contributed by atoms with van der Waals surface area (Å²) in [7, 11) is 1.83. The molecule has 6 unspecified atom stereocenters. The Morgan fingerprint density at radius 1 is 1.14 bits per heavy atom. The zero-order valence-corrected chi connectivity index (χ0v) is 17.9. The Balaban J connectivity index is 1.34. The summed E-state index contributed by atoms with van der Waals surface area (Å²) in [6.07, 6.45) is 6.90. The lowest BCUT2D eigenvalue weighted by molar-refractivity contribution is -0.138. The molecule has 1 aliphatic carbocycles. The molecule has 0 aromatic rings. The van der Waals surface area contributed by atoms with Gasteiger partial charge in [0, 0.05) is 51.3 Å². The Bertz CT molecular complexity index is 589. The van der Waals surface area contributed by atoms with E-state index in [9.17, 15) is 9.59 Å². The molecule has 6 atom stereocenters. The molecule has 29 heavy (non-hydrogen) atoms. The van der Waals surface area contributed by atoms with Crippen LogP contribution in [0, 0.1) is 11.8 Å². The van der Waals surface area contributed by atoms with Gasteiger partial charge in [-0.15, -0.1) is 0 Å². The number of likely N-dealkylation sites (N-methyl/N-ethyl adjacent to an activating group) is 1. The van der Waals surface area contributed by atoms with Crippen molar-refractivity contribution in [3.63, 3.8) is 0 Å². The summed E-state index contributed by atoms with van der Waals surface area (Å²) in [5.74, 6) is 1.08. The van der Waals surface area contributed by atoms with E-state index in [1.54, 1.807) is 4.90 Å². The maximum absolute atomic E-state index is 13.2. The normalized spacial score (nSPS) is 36.6. The number of nitrogens with zero attached hydrogens (tertiary/aromatic N) is 2. The highest BCUT2D eigenvalue weighted by atomic mass is 16.5. The van der Waals surface area contributed by atoms with Gasteiger partial charge in [-0.1, -0.05) is 12.8 Å². The molecule has 4 rings (SSSR count). The van der Waals surface area contributed by atoms with Gasteiger partial charge < -0.3 is 19.9 Å². The van der Waals surface area contributed by atoms with E-state index in [0.717, 1.165) is 19.4 Å². The van der Waals surface area contributed by atoms with Gasteiger partial charge in [0.1, 0.15) is 6.04 Å². The summed E-state index contributed by atoms with van der Waals surface area (Å²) in [4.78, 5) is 29.9. The fourth-order valence-electron chi connectivity index (χ4n) is 5.67. The molecule has 0 bridgehead atoms. The SMILES string of the molecule is CCOCCN(C)C(=O)C1NNC2CCN(C(=O)C3CC4CCCCC4N3)CC21. The number of amides is 2. The van der Waals surface area contributed by atoms with Crippen LogP contribution in [0.1, 0.15) is 45.4 Å². The number of nitrogens with one attached hydrogen (secondary N) is 3. The lowest BCUT2D eigenvalue weighted by atomic mass is 9.84. The number of carbonyl (C=O) groups is 2. The zero-order valence-electron chi connectivity index (χ0n) is 17.9. The fourth-order valence-corrected chi connectivity index (χ4v) is 5.67. The molecule has 3 N–H and O–H groups in total. The summed E-state index contributed by atoms with van der Waals surface area (Å²) >= 11 is 0. The molecular weight excluding hydrogens is 370 g/mol. The molecule has 1 saturated carbocycles. The zero-order chi connectivity index (χ0) is 20.4. The van der Waals surface area contributed by atoms with Gasteiger partial charge >= 0.3 is 0 Å². The van der Waals surface area contributed by atoms with Crippen molar-refractivity contribution in [2.75, 3.05) is 39.9 Å². The molecule has 3 saturated heterocycles. The molecular formula is C21H37N5O3. The molecule has 8 nitrogen and oxygen atoms in total. The van der Waals surface area contributed by atoms with Gasteiger partial charge in [0.25, 0.3) is 0 Å². The van der Waals surface area contributed by atoms with Gasteiger partial charge in [-0.05, 0) is 38.5 Å². The monoisotopic (exact) mass is 407 g/mol. The predicted molar refractivity (Wildman–Crippen MR) is 110 cm³/mol. The molecule has 2 amide bonds. The van der Waals surface area contributed by atoms with Crippen LogP contribution in [0.2, 0.25) is 0 Å². The van der Waals surface area contributed by atoms with E-state index in [2.05, 4.69) is 16.2 Å². The average molecular weight is 408 g/mol. The van der Waals surface area contributed by atoms with E-state index in [0.29, 0.717) is 38.3 Å². The number of hydrogen-bond acceptors (Lipinski definition) is 6. The Kier molecular flexibility index (Phi) is 6.73. The van der Waals surface area contributed by atoms with Crippen LogP contribution in [0.5, 0.6) is 0 Å². The number of likely N-dealkylation sites (tertiary alicyclic amines) is 1. The van der Waals surface area contributed by atoms with Crippen molar-refractivity contribution in [2.24, 2.45) is 11.8 Å². The lowest BCUT2D eigenvalue weighted by Crippen LogP contribution is -2.55. The third-order valence-corrected chi connectivity index (χ3v) is 7.40. The number of hydrogen-bond donors (Lipinski definition) is 3.